The topological polar surface area (TPSA) is 29.4 Å². The summed E-state index contributed by atoms with van der Waals surface area (Å²) in [6.45, 7) is 0. The summed E-state index contributed by atoms with van der Waals surface area (Å²) in [5.74, 6) is 0. The van der Waals surface area contributed by atoms with Gasteiger partial charge in [-0.05, 0) is 23.3 Å². The quantitative estimate of drug-likeness (QED) is 0.480. The Kier molecular flexibility index (Phi) is 1.72. The second-order valence-corrected chi connectivity index (χ2v) is 3.22. The van der Waals surface area contributed by atoms with Crippen LogP contribution in [-0.4, -0.2) is 6.08 Å². The van der Waals surface area contributed by atoms with E-state index < -0.39 is 0 Å². The molecular weight excluding hydrogens is 174 g/mol. The van der Waals surface area contributed by atoms with Gasteiger partial charge in [-0.3, -0.25) is 0 Å². The van der Waals surface area contributed by atoms with Crippen molar-refractivity contribution in [3.8, 4) is 0 Å². The number of isocyanates is 1. The van der Waals surface area contributed by atoms with Crippen LogP contribution in [0.4, 0.5) is 0 Å². The Labute approximate surface area is 74.9 Å². The largest absolute Gasteiger partial charge is 0.235 e. The molecule has 1 aliphatic carbocycles. The van der Waals surface area contributed by atoms with Crippen LogP contribution in [0.1, 0.15) is 17.2 Å². The number of carbonyl (C=O) groups excluding carboxylic acids is 1. The molecule has 2 rings (SSSR count). The molecule has 3 heteroatoms. The van der Waals surface area contributed by atoms with Gasteiger partial charge in [0.05, 0.1) is 6.04 Å². The summed E-state index contributed by atoms with van der Waals surface area (Å²) in [4.78, 5) is 13.6. The van der Waals surface area contributed by atoms with E-state index in [9.17, 15) is 4.79 Å². The van der Waals surface area contributed by atoms with Gasteiger partial charge in [-0.2, -0.15) is 4.99 Å². The molecule has 0 saturated heterocycles. The van der Waals surface area contributed by atoms with Crippen molar-refractivity contribution in [2.45, 2.75) is 12.5 Å². The fourth-order valence-electron chi connectivity index (χ4n) is 1.43. The number of hydrogen-bond donors (Lipinski definition) is 0. The van der Waals surface area contributed by atoms with Gasteiger partial charge in [0.1, 0.15) is 0 Å². The SMILES string of the molecule is O=C=NC1Cc2ccc(Cl)cc21. The third-order valence-corrected chi connectivity index (χ3v) is 2.32. The second-order valence-electron chi connectivity index (χ2n) is 2.78. The van der Waals surface area contributed by atoms with E-state index in [-0.39, 0.29) is 6.04 Å². The van der Waals surface area contributed by atoms with Crippen molar-refractivity contribution >= 4 is 17.7 Å². The third-order valence-electron chi connectivity index (χ3n) is 2.09. The van der Waals surface area contributed by atoms with Gasteiger partial charge in [0.15, 0.2) is 0 Å². The molecule has 0 fully saturated rings. The third kappa shape index (κ3) is 1.06. The minimum absolute atomic E-state index is 0.00352. The first-order valence-electron chi connectivity index (χ1n) is 3.66. The first-order valence-corrected chi connectivity index (χ1v) is 4.04. The van der Waals surface area contributed by atoms with E-state index in [0.717, 1.165) is 12.0 Å². The monoisotopic (exact) mass is 179 g/mol. The van der Waals surface area contributed by atoms with E-state index in [1.165, 1.54) is 5.56 Å². The number of aliphatic imine (C=N–C) groups is 1. The van der Waals surface area contributed by atoms with Crippen molar-refractivity contribution in [2.75, 3.05) is 0 Å². The molecule has 0 amide bonds. The maximum absolute atomic E-state index is 9.98. The number of nitrogens with zero attached hydrogens (tertiary/aromatic N) is 1. The Morgan fingerprint density at radius 2 is 2.42 bits per heavy atom. The smallest absolute Gasteiger partial charge is 0.211 e. The highest BCUT2D eigenvalue weighted by Gasteiger charge is 2.25. The molecule has 60 valence electrons. The van der Waals surface area contributed by atoms with Crippen molar-refractivity contribution in [2.24, 2.45) is 4.99 Å². The van der Waals surface area contributed by atoms with Crippen LogP contribution < -0.4 is 0 Å². The summed E-state index contributed by atoms with van der Waals surface area (Å²) in [5, 5.41) is 0.694. The fourth-order valence-corrected chi connectivity index (χ4v) is 1.61. The van der Waals surface area contributed by atoms with Crippen LogP contribution in [0.5, 0.6) is 0 Å². The standard InChI is InChI=1S/C9H6ClNO/c10-7-2-1-6-3-9(11-5-12)8(6)4-7/h1-2,4,9H,3H2. The molecule has 12 heavy (non-hydrogen) atoms. The van der Waals surface area contributed by atoms with Crippen LogP contribution in [0.25, 0.3) is 0 Å². The highest BCUT2D eigenvalue weighted by molar-refractivity contribution is 6.30. The van der Waals surface area contributed by atoms with Gasteiger partial charge in [-0.15, -0.1) is 0 Å². The van der Waals surface area contributed by atoms with Crippen molar-refractivity contribution in [1.29, 1.82) is 0 Å². The molecule has 0 aromatic heterocycles. The van der Waals surface area contributed by atoms with Crippen LogP contribution >= 0.6 is 11.6 Å². The Bertz CT molecular complexity index is 369. The molecule has 0 radical (unpaired) electrons. The fraction of sp³-hybridized carbons (Fsp3) is 0.222. The average molecular weight is 180 g/mol. The predicted octanol–water partition coefficient (Wildman–Crippen LogP) is 2.27. The van der Waals surface area contributed by atoms with Gasteiger partial charge in [0.2, 0.25) is 6.08 Å². The van der Waals surface area contributed by atoms with Gasteiger partial charge in [0, 0.05) is 11.4 Å². The molecule has 1 unspecified atom stereocenters. The first kappa shape index (κ1) is 7.53. The lowest BCUT2D eigenvalue weighted by Crippen LogP contribution is -2.14. The molecule has 2 nitrogen and oxygen atoms in total. The predicted molar refractivity (Wildman–Crippen MR) is 46.0 cm³/mol. The molecule has 0 heterocycles. The second kappa shape index (κ2) is 2.74. The number of hydrogen-bond acceptors (Lipinski definition) is 2. The molecule has 0 aliphatic heterocycles. The van der Waals surface area contributed by atoms with Crippen LogP contribution in [0.2, 0.25) is 5.02 Å². The summed E-state index contributed by atoms with van der Waals surface area (Å²) in [5.41, 5.74) is 2.29. The van der Waals surface area contributed by atoms with Crippen LogP contribution in [0.15, 0.2) is 23.2 Å². The zero-order chi connectivity index (χ0) is 8.55. The summed E-state index contributed by atoms with van der Waals surface area (Å²) in [7, 11) is 0. The van der Waals surface area contributed by atoms with E-state index in [1.54, 1.807) is 6.08 Å². The lowest BCUT2D eigenvalue weighted by molar-refractivity contribution is 0.550. The molecule has 1 atom stereocenters. The van der Waals surface area contributed by atoms with E-state index in [0.29, 0.717) is 5.02 Å². The number of benzene rings is 1. The van der Waals surface area contributed by atoms with Crippen LogP contribution in [0, 0.1) is 0 Å². The van der Waals surface area contributed by atoms with Crippen molar-refractivity contribution in [1.82, 2.24) is 0 Å². The molecular formula is C9H6ClNO. The highest BCUT2D eigenvalue weighted by Crippen LogP contribution is 2.37. The number of halogens is 1. The molecule has 0 spiro atoms. The normalized spacial score (nSPS) is 18.9. The van der Waals surface area contributed by atoms with Gasteiger partial charge >= 0.3 is 0 Å². The zero-order valence-corrected chi connectivity index (χ0v) is 7.01. The van der Waals surface area contributed by atoms with Crippen molar-refractivity contribution in [3.63, 3.8) is 0 Å². The van der Waals surface area contributed by atoms with E-state index in [4.69, 9.17) is 11.6 Å². The first-order chi connectivity index (χ1) is 5.81. The summed E-state index contributed by atoms with van der Waals surface area (Å²) in [6, 6.07) is 5.66. The molecule has 1 aromatic rings. The zero-order valence-electron chi connectivity index (χ0n) is 6.25. The maximum atomic E-state index is 9.98. The van der Waals surface area contributed by atoms with E-state index in [2.05, 4.69) is 4.99 Å². The van der Waals surface area contributed by atoms with Crippen molar-refractivity contribution < 1.29 is 4.79 Å². The molecule has 0 bridgehead atoms. The van der Waals surface area contributed by atoms with Gasteiger partial charge in [-0.25, -0.2) is 4.79 Å². The van der Waals surface area contributed by atoms with E-state index >= 15 is 0 Å². The minimum atomic E-state index is -0.00352. The highest BCUT2D eigenvalue weighted by atomic mass is 35.5. The lowest BCUT2D eigenvalue weighted by atomic mass is 9.84. The van der Waals surface area contributed by atoms with Crippen LogP contribution in [-0.2, 0) is 11.2 Å². The van der Waals surface area contributed by atoms with Crippen LogP contribution in [0.3, 0.4) is 0 Å². The Morgan fingerprint density at radius 1 is 1.58 bits per heavy atom. The minimum Gasteiger partial charge on any atom is -0.211 e. The molecule has 0 saturated carbocycles. The summed E-state index contributed by atoms with van der Waals surface area (Å²) >= 11 is 5.78. The molecule has 1 aliphatic rings. The average Bonchev–Trinajstić information content (AvgIpc) is 2.05. The summed E-state index contributed by atoms with van der Waals surface area (Å²) in [6.07, 6.45) is 2.40. The Hall–Kier alpha value is -1.11. The van der Waals surface area contributed by atoms with Gasteiger partial charge in [0.25, 0.3) is 0 Å². The van der Waals surface area contributed by atoms with E-state index in [1.807, 2.05) is 18.2 Å². The molecule has 0 N–H and O–H groups in total. The van der Waals surface area contributed by atoms with Gasteiger partial charge < -0.3 is 0 Å². The summed E-state index contributed by atoms with van der Waals surface area (Å²) < 4.78 is 0. The Balaban J connectivity index is 2.39. The Morgan fingerprint density at radius 3 is 3.17 bits per heavy atom. The maximum Gasteiger partial charge on any atom is 0.235 e. The molecule has 1 aromatic carbocycles. The number of fused-ring (bicyclic) bond motifs is 1. The van der Waals surface area contributed by atoms with Crippen molar-refractivity contribution in [3.05, 3.63) is 34.3 Å². The lowest BCUT2D eigenvalue weighted by Gasteiger charge is -2.25. The van der Waals surface area contributed by atoms with Gasteiger partial charge in [-0.1, -0.05) is 17.7 Å². The number of rotatable bonds is 1.